The van der Waals surface area contributed by atoms with Crippen molar-refractivity contribution in [1.29, 1.82) is 0 Å². The van der Waals surface area contributed by atoms with E-state index in [-0.39, 0.29) is 6.04 Å². The Hall–Kier alpha value is -0.870. The second kappa shape index (κ2) is 5.65. The zero-order chi connectivity index (χ0) is 13.1. The predicted octanol–water partition coefficient (Wildman–Crippen LogP) is 2.77. The van der Waals surface area contributed by atoms with Crippen LogP contribution >= 0.6 is 0 Å². The normalized spacial score (nSPS) is 13.6. The highest BCUT2D eigenvalue weighted by Gasteiger charge is 2.18. The minimum Gasteiger partial charge on any atom is -0.208 e. The maximum absolute atomic E-state index is 12.2. The molecule has 0 aromatic heterocycles. The van der Waals surface area contributed by atoms with Crippen molar-refractivity contribution in [3.05, 3.63) is 29.3 Å². The third-order valence-corrected chi connectivity index (χ3v) is 4.44. The first-order valence-corrected chi connectivity index (χ1v) is 7.44. The monoisotopic (exact) mass is 255 g/mol. The number of hydrogen-bond acceptors (Lipinski definition) is 2. The van der Waals surface area contributed by atoms with Crippen LogP contribution in [-0.2, 0) is 10.0 Å². The van der Waals surface area contributed by atoms with Crippen LogP contribution in [0, 0.1) is 13.8 Å². The van der Waals surface area contributed by atoms with Crippen LogP contribution in [0.5, 0.6) is 0 Å². The van der Waals surface area contributed by atoms with E-state index in [4.69, 9.17) is 0 Å². The van der Waals surface area contributed by atoms with E-state index >= 15 is 0 Å². The van der Waals surface area contributed by atoms with Crippen molar-refractivity contribution in [2.24, 2.45) is 0 Å². The van der Waals surface area contributed by atoms with Crippen LogP contribution in [0.1, 0.15) is 37.8 Å². The fourth-order valence-corrected chi connectivity index (χ4v) is 3.42. The minimum atomic E-state index is -3.38. The molecule has 1 rings (SSSR count). The summed E-state index contributed by atoms with van der Waals surface area (Å²) in [6.07, 6.45) is 1.82. The number of nitrogens with one attached hydrogen (secondary N) is 1. The van der Waals surface area contributed by atoms with Gasteiger partial charge in [0.2, 0.25) is 10.0 Å². The number of aryl methyl sites for hydroxylation is 2. The van der Waals surface area contributed by atoms with Crippen LogP contribution in [0.25, 0.3) is 0 Å². The molecule has 0 radical (unpaired) electrons. The molecule has 1 N–H and O–H groups in total. The lowest BCUT2D eigenvalue weighted by Gasteiger charge is -2.15. The first-order valence-electron chi connectivity index (χ1n) is 5.96. The summed E-state index contributed by atoms with van der Waals surface area (Å²) in [6, 6.07) is 5.46. The van der Waals surface area contributed by atoms with Gasteiger partial charge >= 0.3 is 0 Å². The topological polar surface area (TPSA) is 46.2 Å². The Labute approximate surface area is 104 Å². The Balaban J connectivity index is 3.01. The van der Waals surface area contributed by atoms with Crippen molar-refractivity contribution in [3.63, 3.8) is 0 Å². The van der Waals surface area contributed by atoms with Crippen molar-refractivity contribution >= 4 is 10.0 Å². The summed E-state index contributed by atoms with van der Waals surface area (Å²) in [5.74, 6) is 0. The van der Waals surface area contributed by atoms with Crippen LogP contribution in [0.15, 0.2) is 23.1 Å². The number of hydrogen-bond donors (Lipinski definition) is 1. The van der Waals surface area contributed by atoms with Gasteiger partial charge in [-0.05, 0) is 44.4 Å². The molecule has 0 saturated carbocycles. The van der Waals surface area contributed by atoms with Gasteiger partial charge in [-0.15, -0.1) is 0 Å². The number of sulfonamides is 1. The van der Waals surface area contributed by atoms with E-state index in [1.807, 2.05) is 39.8 Å². The lowest BCUT2D eigenvalue weighted by atomic mass is 10.2. The predicted molar refractivity (Wildman–Crippen MR) is 70.6 cm³/mol. The summed E-state index contributed by atoms with van der Waals surface area (Å²) in [4.78, 5) is 0.389. The summed E-state index contributed by atoms with van der Waals surface area (Å²) in [6.45, 7) is 7.65. The maximum atomic E-state index is 12.2. The van der Waals surface area contributed by atoms with E-state index in [1.54, 1.807) is 6.07 Å². The van der Waals surface area contributed by atoms with Gasteiger partial charge in [0, 0.05) is 6.04 Å². The van der Waals surface area contributed by atoms with Crippen LogP contribution in [-0.4, -0.2) is 14.5 Å². The molecule has 1 atom stereocenters. The summed E-state index contributed by atoms with van der Waals surface area (Å²) in [7, 11) is -3.38. The second-order valence-corrected chi connectivity index (χ2v) is 6.26. The second-order valence-electron chi connectivity index (χ2n) is 4.58. The van der Waals surface area contributed by atoms with Gasteiger partial charge in [0.25, 0.3) is 0 Å². The molecule has 0 aliphatic carbocycles. The Morgan fingerprint density at radius 3 is 2.53 bits per heavy atom. The van der Waals surface area contributed by atoms with Gasteiger partial charge in [-0.3, -0.25) is 0 Å². The van der Waals surface area contributed by atoms with Gasteiger partial charge in [-0.1, -0.05) is 25.5 Å². The van der Waals surface area contributed by atoms with E-state index in [2.05, 4.69) is 4.72 Å². The molecule has 0 heterocycles. The first kappa shape index (κ1) is 14.2. The van der Waals surface area contributed by atoms with Crippen molar-refractivity contribution in [2.45, 2.75) is 51.5 Å². The Morgan fingerprint density at radius 2 is 1.94 bits per heavy atom. The van der Waals surface area contributed by atoms with E-state index in [0.29, 0.717) is 4.90 Å². The largest absolute Gasteiger partial charge is 0.241 e. The molecule has 0 unspecified atom stereocenters. The Bertz CT molecular complexity index is 480. The van der Waals surface area contributed by atoms with E-state index < -0.39 is 10.0 Å². The molecule has 0 saturated heterocycles. The molecule has 0 fully saturated rings. The van der Waals surface area contributed by atoms with Crippen molar-refractivity contribution in [2.75, 3.05) is 0 Å². The van der Waals surface area contributed by atoms with Gasteiger partial charge in [0.1, 0.15) is 0 Å². The SMILES string of the molecule is CCC[C@H](C)NS(=O)(=O)c1cc(C)ccc1C. The standard InChI is InChI=1S/C13H21NO2S/c1-5-6-12(4)14-17(15,16)13-9-10(2)7-8-11(13)3/h7-9,12,14H,5-6H2,1-4H3/t12-/m0/s1. The summed E-state index contributed by atoms with van der Waals surface area (Å²) in [5, 5.41) is 0. The summed E-state index contributed by atoms with van der Waals surface area (Å²) in [5.41, 5.74) is 1.74. The minimum absolute atomic E-state index is 0.0232. The van der Waals surface area contributed by atoms with Crippen LogP contribution in [0.4, 0.5) is 0 Å². The van der Waals surface area contributed by atoms with Crippen molar-refractivity contribution in [3.8, 4) is 0 Å². The van der Waals surface area contributed by atoms with Gasteiger partial charge in [0.05, 0.1) is 4.90 Å². The van der Waals surface area contributed by atoms with Gasteiger partial charge in [-0.25, -0.2) is 13.1 Å². The van der Waals surface area contributed by atoms with Crippen LogP contribution in [0.3, 0.4) is 0 Å². The van der Waals surface area contributed by atoms with Crippen LogP contribution < -0.4 is 4.72 Å². The molecule has 0 bridgehead atoms. The molecule has 0 aliphatic heterocycles. The van der Waals surface area contributed by atoms with Gasteiger partial charge in [0.15, 0.2) is 0 Å². The summed E-state index contributed by atoms with van der Waals surface area (Å²) < 4.78 is 27.1. The van der Waals surface area contributed by atoms with E-state index in [9.17, 15) is 8.42 Å². The lowest BCUT2D eigenvalue weighted by Crippen LogP contribution is -2.32. The highest BCUT2D eigenvalue weighted by Crippen LogP contribution is 2.17. The van der Waals surface area contributed by atoms with Crippen molar-refractivity contribution in [1.82, 2.24) is 4.72 Å². The fourth-order valence-electron chi connectivity index (χ4n) is 1.82. The number of benzene rings is 1. The number of rotatable bonds is 5. The zero-order valence-corrected chi connectivity index (χ0v) is 11.8. The fraction of sp³-hybridized carbons (Fsp3) is 0.538. The molecule has 1 aromatic carbocycles. The molecule has 3 nitrogen and oxygen atoms in total. The van der Waals surface area contributed by atoms with Crippen LogP contribution in [0.2, 0.25) is 0 Å². The molecular formula is C13H21NO2S. The van der Waals surface area contributed by atoms with Crippen molar-refractivity contribution < 1.29 is 8.42 Å². The smallest absolute Gasteiger partial charge is 0.208 e. The Kier molecular flexibility index (Phi) is 4.71. The van der Waals surface area contributed by atoms with E-state index in [1.165, 1.54) is 0 Å². The molecule has 96 valence electrons. The quantitative estimate of drug-likeness (QED) is 0.879. The van der Waals surface area contributed by atoms with Gasteiger partial charge in [-0.2, -0.15) is 0 Å². The Morgan fingerprint density at radius 1 is 1.29 bits per heavy atom. The average Bonchev–Trinajstić information content (AvgIpc) is 2.21. The van der Waals surface area contributed by atoms with Gasteiger partial charge < -0.3 is 0 Å². The zero-order valence-electron chi connectivity index (χ0n) is 10.9. The molecule has 0 aliphatic rings. The first-order chi connectivity index (χ1) is 7.86. The molecule has 17 heavy (non-hydrogen) atoms. The van der Waals surface area contributed by atoms with E-state index in [0.717, 1.165) is 24.0 Å². The average molecular weight is 255 g/mol. The maximum Gasteiger partial charge on any atom is 0.241 e. The molecule has 0 amide bonds. The molecular weight excluding hydrogens is 234 g/mol. The third kappa shape index (κ3) is 3.82. The molecule has 0 spiro atoms. The summed E-state index contributed by atoms with van der Waals surface area (Å²) >= 11 is 0. The highest BCUT2D eigenvalue weighted by molar-refractivity contribution is 7.89. The highest BCUT2D eigenvalue weighted by atomic mass is 32.2. The third-order valence-electron chi connectivity index (χ3n) is 2.71. The molecule has 1 aromatic rings. The molecule has 4 heteroatoms. The lowest BCUT2D eigenvalue weighted by molar-refractivity contribution is 0.543.